The van der Waals surface area contributed by atoms with Crippen molar-refractivity contribution in [3.8, 4) is 0 Å². The van der Waals surface area contributed by atoms with Crippen LogP contribution in [0, 0.1) is 5.41 Å². The van der Waals surface area contributed by atoms with Gasteiger partial charge in [-0.1, -0.05) is 27.7 Å². The van der Waals surface area contributed by atoms with Crippen LogP contribution in [-0.2, 0) is 28.6 Å². The molecular formula is C27H53N3O6. The normalized spacial score (nSPS) is 15.4. The summed E-state index contributed by atoms with van der Waals surface area (Å²) >= 11 is 0. The van der Waals surface area contributed by atoms with Gasteiger partial charge in [0.1, 0.15) is 19.8 Å². The average molecular weight is 516 g/mol. The fourth-order valence-corrected chi connectivity index (χ4v) is 3.04. The summed E-state index contributed by atoms with van der Waals surface area (Å²) in [5, 5.41) is 9.80. The van der Waals surface area contributed by atoms with Crippen LogP contribution in [-0.4, -0.2) is 75.5 Å². The minimum Gasteiger partial charge on any atom is -0.465 e. The van der Waals surface area contributed by atoms with Crippen LogP contribution >= 0.6 is 0 Å². The van der Waals surface area contributed by atoms with E-state index in [1.54, 1.807) is 0 Å². The van der Waals surface area contributed by atoms with Gasteiger partial charge < -0.3 is 30.2 Å². The van der Waals surface area contributed by atoms with Gasteiger partial charge in [-0.25, -0.2) is 0 Å². The first-order chi connectivity index (χ1) is 17.1. The van der Waals surface area contributed by atoms with E-state index in [1.807, 2.05) is 6.92 Å². The number of carbonyl (C=O) groups excluding carboxylic acids is 3. The maximum Gasteiger partial charge on any atom is 0.307 e. The molecule has 0 amide bonds. The van der Waals surface area contributed by atoms with Crippen LogP contribution in [0.5, 0.6) is 0 Å². The smallest absolute Gasteiger partial charge is 0.307 e. The Labute approximate surface area is 219 Å². The van der Waals surface area contributed by atoms with Crippen molar-refractivity contribution in [1.29, 1.82) is 0 Å². The van der Waals surface area contributed by atoms with Gasteiger partial charge in [0.2, 0.25) is 0 Å². The van der Waals surface area contributed by atoms with E-state index in [1.165, 1.54) is 0 Å². The fourth-order valence-electron chi connectivity index (χ4n) is 3.04. The Morgan fingerprint density at radius 2 is 0.861 bits per heavy atom. The predicted octanol–water partition coefficient (Wildman–Crippen LogP) is 3.35. The highest BCUT2D eigenvalue weighted by Gasteiger charge is 2.34. The highest BCUT2D eigenvalue weighted by atomic mass is 16.6. The van der Waals surface area contributed by atoms with E-state index < -0.39 is 5.41 Å². The second-order valence-corrected chi connectivity index (χ2v) is 9.88. The van der Waals surface area contributed by atoms with Crippen molar-refractivity contribution in [2.24, 2.45) is 5.41 Å². The maximum atomic E-state index is 12.3. The third kappa shape index (κ3) is 16.9. The molecule has 9 nitrogen and oxygen atoms in total. The SMILES string of the molecule is CCC(C)NCCC(=O)OCC(CC)(COC(=O)CCNC(C)CC)COC(=O)CCNC(C)CC. The third-order valence-electron chi connectivity index (χ3n) is 6.67. The Morgan fingerprint density at radius 3 is 1.08 bits per heavy atom. The largest absolute Gasteiger partial charge is 0.465 e. The summed E-state index contributed by atoms with van der Waals surface area (Å²) in [7, 11) is 0. The molecule has 0 fully saturated rings. The quantitative estimate of drug-likeness (QED) is 0.147. The standard InChI is InChI=1S/C27H53N3O6/c1-8-21(5)28-15-12-24(31)34-18-27(11-4,19-35-25(32)13-16-29-22(6)9-2)20-36-26(33)14-17-30-23(7)10-3/h21-23,28-30H,8-20H2,1-7H3. The summed E-state index contributed by atoms with van der Waals surface area (Å²) in [4.78, 5) is 37.0. The Morgan fingerprint density at radius 1 is 0.583 bits per heavy atom. The monoisotopic (exact) mass is 515 g/mol. The molecule has 0 aromatic heterocycles. The summed E-state index contributed by atoms with van der Waals surface area (Å²) < 4.78 is 16.6. The van der Waals surface area contributed by atoms with E-state index in [0.29, 0.717) is 44.2 Å². The molecule has 0 aromatic rings. The molecule has 36 heavy (non-hydrogen) atoms. The minimum absolute atomic E-state index is 0.0163. The molecule has 3 atom stereocenters. The Bertz CT molecular complexity index is 537. The lowest BCUT2D eigenvalue weighted by Crippen LogP contribution is -2.40. The summed E-state index contributed by atoms with van der Waals surface area (Å²) in [5.74, 6) is -1.01. The molecule has 3 unspecified atom stereocenters. The molecule has 0 aliphatic rings. The van der Waals surface area contributed by atoms with Crippen molar-refractivity contribution < 1.29 is 28.6 Å². The zero-order chi connectivity index (χ0) is 27.4. The molecule has 0 heterocycles. The third-order valence-corrected chi connectivity index (χ3v) is 6.67. The van der Waals surface area contributed by atoms with Gasteiger partial charge in [-0.3, -0.25) is 14.4 Å². The zero-order valence-electron chi connectivity index (χ0n) is 23.9. The summed E-state index contributed by atoms with van der Waals surface area (Å²) in [6.07, 6.45) is 4.17. The molecular weight excluding hydrogens is 462 g/mol. The highest BCUT2D eigenvalue weighted by Crippen LogP contribution is 2.25. The summed E-state index contributed by atoms with van der Waals surface area (Å²) in [6, 6.07) is 0.989. The molecule has 9 heteroatoms. The van der Waals surface area contributed by atoms with Gasteiger partial charge >= 0.3 is 17.9 Å². The molecule has 3 N–H and O–H groups in total. The van der Waals surface area contributed by atoms with Gasteiger partial charge in [-0.2, -0.15) is 0 Å². The van der Waals surface area contributed by atoms with Gasteiger partial charge in [-0.15, -0.1) is 0 Å². The molecule has 0 aliphatic heterocycles. The van der Waals surface area contributed by atoms with Crippen LogP contribution in [0.15, 0.2) is 0 Å². The van der Waals surface area contributed by atoms with Crippen molar-refractivity contribution in [3.05, 3.63) is 0 Å². The maximum absolute atomic E-state index is 12.3. The van der Waals surface area contributed by atoms with Gasteiger partial charge in [0.05, 0.1) is 24.7 Å². The van der Waals surface area contributed by atoms with Crippen LogP contribution in [0.4, 0.5) is 0 Å². The van der Waals surface area contributed by atoms with Gasteiger partial charge in [0.15, 0.2) is 0 Å². The van der Waals surface area contributed by atoms with Crippen molar-refractivity contribution >= 4 is 17.9 Å². The van der Waals surface area contributed by atoms with Crippen molar-refractivity contribution in [1.82, 2.24) is 16.0 Å². The molecule has 0 bridgehead atoms. The summed E-state index contributed by atoms with van der Waals surface area (Å²) in [6.45, 7) is 16.0. The van der Waals surface area contributed by atoms with E-state index in [9.17, 15) is 14.4 Å². The second kappa shape index (κ2) is 20.4. The lowest BCUT2D eigenvalue weighted by atomic mass is 9.88. The molecule has 0 spiro atoms. The number of esters is 3. The van der Waals surface area contributed by atoms with E-state index in [2.05, 4.69) is 57.5 Å². The van der Waals surface area contributed by atoms with Crippen LogP contribution in [0.2, 0.25) is 0 Å². The molecule has 0 aromatic carbocycles. The average Bonchev–Trinajstić information content (AvgIpc) is 2.87. The second-order valence-electron chi connectivity index (χ2n) is 9.88. The molecule has 0 radical (unpaired) electrons. The Kier molecular flexibility index (Phi) is 19.4. The van der Waals surface area contributed by atoms with Crippen LogP contribution in [0.25, 0.3) is 0 Å². The number of hydrogen-bond acceptors (Lipinski definition) is 9. The molecule has 0 aliphatic carbocycles. The number of hydrogen-bond donors (Lipinski definition) is 3. The van der Waals surface area contributed by atoms with E-state index in [4.69, 9.17) is 14.2 Å². The number of ether oxygens (including phenoxy) is 3. The lowest BCUT2D eigenvalue weighted by molar-refractivity contribution is -0.162. The first-order valence-electron chi connectivity index (χ1n) is 13.8. The fraction of sp³-hybridized carbons (Fsp3) is 0.889. The van der Waals surface area contributed by atoms with E-state index >= 15 is 0 Å². The van der Waals surface area contributed by atoms with Crippen LogP contribution in [0.1, 0.15) is 93.4 Å². The highest BCUT2D eigenvalue weighted by molar-refractivity contribution is 5.70. The summed E-state index contributed by atoms with van der Waals surface area (Å²) in [5.41, 5.74) is -0.792. The molecule has 0 saturated carbocycles. The van der Waals surface area contributed by atoms with E-state index in [0.717, 1.165) is 19.3 Å². The first-order valence-corrected chi connectivity index (χ1v) is 13.8. The Hall–Kier alpha value is -1.71. The number of nitrogens with one attached hydrogen (secondary N) is 3. The van der Waals surface area contributed by atoms with Gasteiger partial charge in [-0.05, 0) is 46.5 Å². The number of carbonyl (C=O) groups is 3. The van der Waals surface area contributed by atoms with Crippen LogP contribution < -0.4 is 16.0 Å². The number of rotatable bonds is 22. The van der Waals surface area contributed by atoms with Crippen molar-refractivity contribution in [2.45, 2.75) is 112 Å². The molecule has 212 valence electrons. The van der Waals surface area contributed by atoms with Crippen LogP contribution in [0.3, 0.4) is 0 Å². The Balaban J connectivity index is 4.92. The van der Waals surface area contributed by atoms with Crippen molar-refractivity contribution in [2.75, 3.05) is 39.5 Å². The topological polar surface area (TPSA) is 115 Å². The lowest BCUT2D eigenvalue weighted by Gasteiger charge is -2.31. The van der Waals surface area contributed by atoms with Gasteiger partial charge in [0, 0.05) is 37.8 Å². The minimum atomic E-state index is -0.792. The van der Waals surface area contributed by atoms with E-state index in [-0.39, 0.29) is 57.0 Å². The first kappa shape index (κ1) is 34.3. The van der Waals surface area contributed by atoms with Gasteiger partial charge in [0.25, 0.3) is 0 Å². The zero-order valence-corrected chi connectivity index (χ0v) is 23.9. The predicted molar refractivity (Wildman–Crippen MR) is 143 cm³/mol. The molecule has 0 rings (SSSR count). The molecule has 0 saturated heterocycles. The van der Waals surface area contributed by atoms with Crippen molar-refractivity contribution in [3.63, 3.8) is 0 Å².